The molecule has 0 aliphatic heterocycles. The van der Waals surface area contributed by atoms with Crippen LogP contribution < -0.4 is 10.5 Å². The number of aryl methyl sites for hydroxylation is 2. The molecule has 16 heavy (non-hydrogen) atoms. The quantitative estimate of drug-likeness (QED) is 0.726. The van der Waals surface area contributed by atoms with Gasteiger partial charge >= 0.3 is 0 Å². The van der Waals surface area contributed by atoms with Gasteiger partial charge in [0.2, 0.25) is 0 Å². The van der Waals surface area contributed by atoms with E-state index in [1.54, 1.807) is 25.5 Å². The summed E-state index contributed by atoms with van der Waals surface area (Å²) >= 11 is 4.69. The zero-order valence-corrected chi connectivity index (χ0v) is 10.9. The number of thiocarbonyl (C=S) groups is 1. The molecule has 0 fully saturated rings. The Bertz CT molecular complexity index is 487. The Labute approximate surface area is 99.9 Å². The molecule has 0 aromatic carbocycles. The summed E-state index contributed by atoms with van der Waals surface area (Å²) in [5, 5.41) is -0.0319. The first-order valence-electron chi connectivity index (χ1n) is 4.55. The lowest BCUT2D eigenvalue weighted by molar-refractivity contribution is 0.575. The van der Waals surface area contributed by atoms with Crippen molar-refractivity contribution in [3.05, 3.63) is 12.0 Å². The Hall–Kier alpha value is -0.990. The van der Waals surface area contributed by atoms with Crippen molar-refractivity contribution < 1.29 is 8.42 Å². The van der Waals surface area contributed by atoms with Crippen molar-refractivity contribution in [1.29, 1.82) is 0 Å². The van der Waals surface area contributed by atoms with Gasteiger partial charge in [-0.05, 0) is 13.8 Å². The van der Waals surface area contributed by atoms with Gasteiger partial charge in [-0.25, -0.2) is 18.1 Å². The highest BCUT2D eigenvalue weighted by molar-refractivity contribution is 7.89. The average Bonchev–Trinajstić information content (AvgIpc) is 2.47. The van der Waals surface area contributed by atoms with E-state index in [1.165, 1.54) is 6.20 Å². The molecule has 3 N–H and O–H groups in total. The normalized spacial score (nSPS) is 13.7. The molecule has 8 heteroatoms. The van der Waals surface area contributed by atoms with Crippen molar-refractivity contribution in [2.75, 3.05) is 0 Å². The van der Waals surface area contributed by atoms with Gasteiger partial charge in [-0.1, -0.05) is 12.2 Å². The average molecular weight is 262 g/mol. The molecule has 1 aromatic heterocycles. The number of hydrogen-bond donors (Lipinski definition) is 2. The molecule has 90 valence electrons. The fraction of sp³-hybridized carbons (Fsp3) is 0.500. The Morgan fingerprint density at radius 1 is 1.69 bits per heavy atom. The van der Waals surface area contributed by atoms with Crippen LogP contribution in [0.25, 0.3) is 0 Å². The zero-order valence-electron chi connectivity index (χ0n) is 9.26. The van der Waals surface area contributed by atoms with Gasteiger partial charge in [-0.2, -0.15) is 0 Å². The second-order valence-electron chi connectivity index (χ2n) is 3.48. The van der Waals surface area contributed by atoms with Crippen LogP contribution in [0.3, 0.4) is 0 Å². The van der Waals surface area contributed by atoms with Gasteiger partial charge in [-0.15, -0.1) is 0 Å². The molecule has 1 atom stereocenters. The van der Waals surface area contributed by atoms with E-state index in [0.29, 0.717) is 5.82 Å². The van der Waals surface area contributed by atoms with Crippen LogP contribution in [0.2, 0.25) is 0 Å². The van der Waals surface area contributed by atoms with E-state index in [-0.39, 0.29) is 10.0 Å². The molecular weight excluding hydrogens is 248 g/mol. The van der Waals surface area contributed by atoms with Crippen LogP contribution in [0.1, 0.15) is 12.7 Å². The van der Waals surface area contributed by atoms with Crippen LogP contribution in [0.15, 0.2) is 11.2 Å². The van der Waals surface area contributed by atoms with E-state index in [9.17, 15) is 8.42 Å². The number of nitrogens with zero attached hydrogens (tertiary/aromatic N) is 2. The van der Waals surface area contributed by atoms with Gasteiger partial charge in [0.15, 0.2) is 5.03 Å². The fourth-order valence-electron chi connectivity index (χ4n) is 1.01. The summed E-state index contributed by atoms with van der Waals surface area (Å²) in [6.07, 6.45) is 1.43. The van der Waals surface area contributed by atoms with Crippen LogP contribution in [0.5, 0.6) is 0 Å². The maximum Gasteiger partial charge on any atom is 0.260 e. The monoisotopic (exact) mass is 262 g/mol. The second kappa shape index (κ2) is 4.48. The van der Waals surface area contributed by atoms with Gasteiger partial charge in [0.05, 0.1) is 11.0 Å². The molecule has 0 aliphatic rings. The van der Waals surface area contributed by atoms with Crippen molar-refractivity contribution in [3.63, 3.8) is 0 Å². The minimum atomic E-state index is -3.66. The predicted molar refractivity (Wildman–Crippen MR) is 64.5 cm³/mol. The van der Waals surface area contributed by atoms with Crippen molar-refractivity contribution >= 4 is 27.2 Å². The molecule has 1 heterocycles. The summed E-state index contributed by atoms with van der Waals surface area (Å²) in [5.41, 5.74) is 5.34. The van der Waals surface area contributed by atoms with Gasteiger partial charge < -0.3 is 10.3 Å². The number of nitrogens with two attached hydrogens (primary N) is 1. The molecule has 1 unspecified atom stereocenters. The highest BCUT2D eigenvalue weighted by Gasteiger charge is 2.21. The number of nitrogens with one attached hydrogen (secondary N) is 1. The van der Waals surface area contributed by atoms with E-state index < -0.39 is 16.1 Å². The Kier molecular flexibility index (Phi) is 3.66. The molecule has 1 aromatic rings. The van der Waals surface area contributed by atoms with E-state index in [0.717, 1.165) is 0 Å². The highest BCUT2D eigenvalue weighted by Crippen LogP contribution is 2.08. The Balaban J connectivity index is 2.99. The summed E-state index contributed by atoms with van der Waals surface area (Å²) in [6.45, 7) is 3.30. The number of rotatable bonds is 4. The molecule has 0 saturated carbocycles. The van der Waals surface area contributed by atoms with E-state index >= 15 is 0 Å². The SMILES string of the molecule is Cc1nc(S(=O)(=O)NC(C)C(N)=S)cn1C. The van der Waals surface area contributed by atoms with Crippen LogP contribution in [-0.4, -0.2) is 29.0 Å². The number of sulfonamides is 1. The third kappa shape index (κ3) is 2.77. The minimum Gasteiger partial charge on any atom is -0.392 e. The van der Waals surface area contributed by atoms with Crippen molar-refractivity contribution in [3.8, 4) is 0 Å². The van der Waals surface area contributed by atoms with E-state index in [1.807, 2.05) is 0 Å². The number of hydrogen-bond acceptors (Lipinski definition) is 4. The van der Waals surface area contributed by atoms with Gasteiger partial charge in [0, 0.05) is 13.2 Å². The van der Waals surface area contributed by atoms with Gasteiger partial charge in [-0.3, -0.25) is 0 Å². The van der Waals surface area contributed by atoms with Crippen LogP contribution in [-0.2, 0) is 17.1 Å². The smallest absolute Gasteiger partial charge is 0.260 e. The van der Waals surface area contributed by atoms with Crippen LogP contribution in [0.4, 0.5) is 0 Å². The van der Waals surface area contributed by atoms with Crippen molar-refractivity contribution in [1.82, 2.24) is 14.3 Å². The maximum absolute atomic E-state index is 11.8. The molecular formula is C8H14N4O2S2. The van der Waals surface area contributed by atoms with Crippen molar-refractivity contribution in [2.24, 2.45) is 12.8 Å². The van der Waals surface area contributed by atoms with Gasteiger partial charge in [0.25, 0.3) is 10.0 Å². The first kappa shape index (κ1) is 13.1. The third-order valence-electron chi connectivity index (χ3n) is 2.12. The lowest BCUT2D eigenvalue weighted by Gasteiger charge is -2.10. The topological polar surface area (TPSA) is 90.0 Å². The molecule has 6 nitrogen and oxygen atoms in total. The molecule has 0 bridgehead atoms. The largest absolute Gasteiger partial charge is 0.392 e. The minimum absolute atomic E-state index is 0.0319. The highest BCUT2D eigenvalue weighted by atomic mass is 32.2. The molecule has 0 spiro atoms. The first-order chi connectivity index (χ1) is 7.24. The molecule has 1 rings (SSSR count). The summed E-state index contributed by atoms with van der Waals surface area (Å²) in [7, 11) is -1.94. The second-order valence-corrected chi connectivity index (χ2v) is 5.61. The van der Waals surface area contributed by atoms with E-state index in [4.69, 9.17) is 18.0 Å². The Morgan fingerprint density at radius 2 is 2.25 bits per heavy atom. The summed E-state index contributed by atoms with van der Waals surface area (Å²) < 4.78 is 27.6. The third-order valence-corrected chi connectivity index (χ3v) is 3.89. The summed E-state index contributed by atoms with van der Waals surface area (Å²) in [4.78, 5) is 4.02. The lowest BCUT2D eigenvalue weighted by atomic mass is 10.4. The predicted octanol–water partition coefficient (Wildman–Crippen LogP) is -0.319. The molecule has 0 aliphatic carbocycles. The lowest BCUT2D eigenvalue weighted by Crippen LogP contribution is -2.41. The fourth-order valence-corrected chi connectivity index (χ4v) is 2.40. The number of aromatic nitrogens is 2. The van der Waals surface area contributed by atoms with Crippen LogP contribution in [0, 0.1) is 6.92 Å². The summed E-state index contributed by atoms with van der Waals surface area (Å²) in [5.74, 6) is 0.614. The maximum atomic E-state index is 11.8. The number of imidazole rings is 1. The Morgan fingerprint density at radius 3 is 2.62 bits per heavy atom. The first-order valence-corrected chi connectivity index (χ1v) is 6.45. The van der Waals surface area contributed by atoms with Gasteiger partial charge in [0.1, 0.15) is 5.82 Å². The van der Waals surface area contributed by atoms with E-state index in [2.05, 4.69) is 9.71 Å². The zero-order chi connectivity index (χ0) is 12.5. The van der Waals surface area contributed by atoms with Crippen molar-refractivity contribution in [2.45, 2.75) is 24.9 Å². The molecule has 0 saturated heterocycles. The standard InChI is InChI=1S/C8H14N4O2S2/c1-5(8(9)15)11-16(13,14)7-4-12(3)6(2)10-7/h4-5,11H,1-3H3,(H2,9,15). The summed E-state index contributed by atoms with van der Waals surface area (Å²) in [6, 6.07) is -0.595. The van der Waals surface area contributed by atoms with Crippen LogP contribution >= 0.6 is 12.2 Å². The molecule has 0 amide bonds. The molecule has 0 radical (unpaired) electrons.